The van der Waals surface area contributed by atoms with E-state index in [1.807, 2.05) is 0 Å². The van der Waals surface area contributed by atoms with Crippen LogP contribution in [0.15, 0.2) is 23.2 Å². The molecule has 6 heteroatoms. The van der Waals surface area contributed by atoms with Gasteiger partial charge in [0.1, 0.15) is 0 Å². The molecule has 1 unspecified atom stereocenters. The third-order valence-corrected chi connectivity index (χ3v) is 5.06. The standard InChI is InChI=1S/C22H39N5.HI/c1-6-23-22(24-8-7-21-14-18(2)13-19(3)15-21)25-16-20(4)17-27-11-9-26(5)10-12-27;/h13-15,20H,6-12,16-17H2,1-5H3,(H2,23,24,25);1H. The maximum atomic E-state index is 4.82. The minimum Gasteiger partial charge on any atom is -0.357 e. The predicted octanol–water partition coefficient (Wildman–Crippen LogP) is 2.90. The Balaban J connectivity index is 0.00000392. The lowest BCUT2D eigenvalue weighted by Gasteiger charge is -2.33. The minimum atomic E-state index is 0. The van der Waals surface area contributed by atoms with Crippen LogP contribution in [0.2, 0.25) is 0 Å². The molecule has 1 heterocycles. The number of rotatable bonds is 8. The molecule has 0 spiro atoms. The first-order chi connectivity index (χ1) is 13.0. The molecule has 1 fully saturated rings. The van der Waals surface area contributed by atoms with Gasteiger partial charge >= 0.3 is 0 Å². The summed E-state index contributed by atoms with van der Waals surface area (Å²) in [6, 6.07) is 6.78. The number of nitrogens with zero attached hydrogens (tertiary/aromatic N) is 3. The topological polar surface area (TPSA) is 42.9 Å². The van der Waals surface area contributed by atoms with Crippen LogP contribution in [0, 0.1) is 19.8 Å². The van der Waals surface area contributed by atoms with Crippen molar-refractivity contribution in [2.24, 2.45) is 10.9 Å². The van der Waals surface area contributed by atoms with E-state index < -0.39 is 0 Å². The summed E-state index contributed by atoms with van der Waals surface area (Å²) in [5.74, 6) is 1.51. The first-order valence-electron chi connectivity index (χ1n) is 10.5. The van der Waals surface area contributed by atoms with Gasteiger partial charge in [-0.05, 0) is 45.7 Å². The fraction of sp³-hybridized carbons (Fsp3) is 0.682. The van der Waals surface area contributed by atoms with Gasteiger partial charge in [0.15, 0.2) is 5.96 Å². The summed E-state index contributed by atoms with van der Waals surface area (Å²) in [5.41, 5.74) is 4.06. The molecule has 0 aromatic heterocycles. The molecule has 0 radical (unpaired) electrons. The third kappa shape index (κ3) is 9.56. The van der Waals surface area contributed by atoms with Crippen molar-refractivity contribution in [1.82, 2.24) is 20.4 Å². The van der Waals surface area contributed by atoms with Gasteiger partial charge in [-0.2, -0.15) is 0 Å². The molecule has 1 aliphatic rings. The van der Waals surface area contributed by atoms with Crippen molar-refractivity contribution in [3.05, 3.63) is 34.9 Å². The number of hydrogen-bond donors (Lipinski definition) is 2. The van der Waals surface area contributed by atoms with Crippen LogP contribution in [-0.4, -0.2) is 75.2 Å². The van der Waals surface area contributed by atoms with Crippen molar-refractivity contribution in [3.8, 4) is 0 Å². The fourth-order valence-electron chi connectivity index (χ4n) is 3.66. The highest BCUT2D eigenvalue weighted by molar-refractivity contribution is 14.0. The summed E-state index contributed by atoms with van der Waals surface area (Å²) in [6.45, 7) is 17.3. The van der Waals surface area contributed by atoms with Gasteiger partial charge in [-0.25, -0.2) is 0 Å². The van der Waals surface area contributed by atoms with Gasteiger partial charge in [-0.3, -0.25) is 4.99 Å². The molecule has 160 valence electrons. The number of aryl methyl sites for hydroxylation is 2. The maximum absolute atomic E-state index is 4.82. The normalized spacial score (nSPS) is 17.1. The van der Waals surface area contributed by atoms with Crippen molar-refractivity contribution in [2.45, 2.75) is 34.1 Å². The first kappa shape index (κ1) is 25.2. The predicted molar refractivity (Wildman–Crippen MR) is 132 cm³/mol. The Hall–Kier alpha value is -0.860. The van der Waals surface area contributed by atoms with Crippen LogP contribution in [0.5, 0.6) is 0 Å². The second-order valence-electron chi connectivity index (χ2n) is 8.10. The molecule has 1 aliphatic heterocycles. The highest BCUT2D eigenvalue weighted by Crippen LogP contribution is 2.09. The molecular formula is C22H40IN5. The molecule has 0 amide bonds. The van der Waals surface area contributed by atoms with Crippen LogP contribution in [0.25, 0.3) is 0 Å². The van der Waals surface area contributed by atoms with Crippen molar-refractivity contribution in [2.75, 3.05) is 59.4 Å². The monoisotopic (exact) mass is 501 g/mol. The summed E-state index contributed by atoms with van der Waals surface area (Å²) < 4.78 is 0. The van der Waals surface area contributed by atoms with Crippen molar-refractivity contribution in [1.29, 1.82) is 0 Å². The Kier molecular flexibility index (Phi) is 12.0. The molecule has 28 heavy (non-hydrogen) atoms. The highest BCUT2D eigenvalue weighted by atomic mass is 127. The number of piperazine rings is 1. The molecule has 0 saturated carbocycles. The van der Waals surface area contributed by atoms with Gasteiger partial charge in [0.05, 0.1) is 0 Å². The summed E-state index contributed by atoms with van der Waals surface area (Å²) in [4.78, 5) is 9.79. The number of guanidine groups is 1. The molecule has 5 nitrogen and oxygen atoms in total. The van der Waals surface area contributed by atoms with Crippen LogP contribution in [0.3, 0.4) is 0 Å². The Morgan fingerprint density at radius 1 is 1.07 bits per heavy atom. The summed E-state index contributed by atoms with van der Waals surface area (Å²) in [7, 11) is 2.21. The van der Waals surface area contributed by atoms with Crippen LogP contribution in [-0.2, 0) is 6.42 Å². The van der Waals surface area contributed by atoms with E-state index in [0.29, 0.717) is 5.92 Å². The quantitative estimate of drug-likeness (QED) is 0.327. The van der Waals surface area contributed by atoms with E-state index in [-0.39, 0.29) is 24.0 Å². The largest absolute Gasteiger partial charge is 0.357 e. The van der Waals surface area contributed by atoms with Crippen molar-refractivity contribution < 1.29 is 0 Å². The van der Waals surface area contributed by atoms with Gasteiger partial charge in [0.2, 0.25) is 0 Å². The maximum Gasteiger partial charge on any atom is 0.191 e. The Labute approximate surface area is 189 Å². The zero-order chi connectivity index (χ0) is 19.6. The summed E-state index contributed by atoms with van der Waals surface area (Å²) in [5, 5.41) is 6.87. The lowest BCUT2D eigenvalue weighted by atomic mass is 10.1. The molecular weight excluding hydrogens is 461 g/mol. The van der Waals surface area contributed by atoms with Crippen LogP contribution in [0.4, 0.5) is 0 Å². The smallest absolute Gasteiger partial charge is 0.191 e. The van der Waals surface area contributed by atoms with Gasteiger partial charge in [-0.1, -0.05) is 36.2 Å². The molecule has 0 bridgehead atoms. The van der Waals surface area contributed by atoms with E-state index in [2.05, 4.69) is 73.4 Å². The van der Waals surface area contributed by atoms with Gasteiger partial charge in [0.25, 0.3) is 0 Å². The molecule has 1 atom stereocenters. The van der Waals surface area contributed by atoms with E-state index in [4.69, 9.17) is 4.99 Å². The average Bonchev–Trinajstić information content (AvgIpc) is 2.61. The second-order valence-corrected chi connectivity index (χ2v) is 8.10. The Morgan fingerprint density at radius 3 is 2.32 bits per heavy atom. The summed E-state index contributed by atoms with van der Waals surface area (Å²) in [6.07, 6.45) is 1.02. The van der Waals surface area contributed by atoms with Crippen molar-refractivity contribution >= 4 is 29.9 Å². The van der Waals surface area contributed by atoms with Crippen LogP contribution < -0.4 is 10.6 Å². The van der Waals surface area contributed by atoms with E-state index in [1.165, 1.54) is 42.9 Å². The number of nitrogens with one attached hydrogen (secondary N) is 2. The highest BCUT2D eigenvalue weighted by Gasteiger charge is 2.15. The SMILES string of the molecule is CCNC(=NCC(C)CN1CCN(C)CC1)NCCc1cc(C)cc(C)c1.I. The average molecular weight is 502 g/mol. The zero-order valence-electron chi connectivity index (χ0n) is 18.4. The fourth-order valence-corrected chi connectivity index (χ4v) is 3.66. The van der Waals surface area contributed by atoms with Gasteiger partial charge in [-0.15, -0.1) is 24.0 Å². The molecule has 2 rings (SSSR count). The number of halogens is 1. The van der Waals surface area contributed by atoms with E-state index >= 15 is 0 Å². The number of aliphatic imine (C=N–C) groups is 1. The molecule has 0 aliphatic carbocycles. The molecule has 2 N–H and O–H groups in total. The number of benzene rings is 1. The Morgan fingerprint density at radius 2 is 1.71 bits per heavy atom. The van der Waals surface area contributed by atoms with Crippen LogP contribution >= 0.6 is 24.0 Å². The van der Waals surface area contributed by atoms with Gasteiger partial charge < -0.3 is 20.4 Å². The Bertz CT molecular complexity index is 576. The van der Waals surface area contributed by atoms with Crippen molar-refractivity contribution in [3.63, 3.8) is 0 Å². The van der Waals surface area contributed by atoms with E-state index in [1.54, 1.807) is 0 Å². The third-order valence-electron chi connectivity index (χ3n) is 5.06. The number of likely N-dealkylation sites (N-methyl/N-ethyl adjacent to an activating group) is 1. The van der Waals surface area contributed by atoms with E-state index in [0.717, 1.165) is 38.6 Å². The summed E-state index contributed by atoms with van der Waals surface area (Å²) >= 11 is 0. The lowest BCUT2D eigenvalue weighted by molar-refractivity contribution is 0.140. The van der Waals surface area contributed by atoms with Crippen LogP contribution in [0.1, 0.15) is 30.5 Å². The second kappa shape index (κ2) is 13.4. The van der Waals surface area contributed by atoms with E-state index in [9.17, 15) is 0 Å². The molecule has 1 saturated heterocycles. The lowest BCUT2D eigenvalue weighted by Crippen LogP contribution is -2.46. The zero-order valence-corrected chi connectivity index (χ0v) is 20.8. The number of hydrogen-bond acceptors (Lipinski definition) is 3. The molecule has 1 aromatic rings. The first-order valence-corrected chi connectivity index (χ1v) is 10.5. The minimum absolute atomic E-state index is 0. The van der Waals surface area contributed by atoms with Gasteiger partial charge in [0, 0.05) is 52.4 Å². The molecule has 1 aromatic carbocycles.